The number of aliphatic hydroxyl groups is 1. The van der Waals surface area contributed by atoms with E-state index in [-0.39, 0.29) is 23.2 Å². The molecule has 0 aliphatic carbocycles. The molecule has 0 aromatic carbocycles. The van der Waals surface area contributed by atoms with Gasteiger partial charge < -0.3 is 5.11 Å². The van der Waals surface area contributed by atoms with Crippen LogP contribution in [0.2, 0.25) is 5.15 Å². The lowest BCUT2D eigenvalue weighted by Gasteiger charge is -2.10. The molecule has 0 aliphatic rings. The van der Waals surface area contributed by atoms with Gasteiger partial charge in [-0.05, 0) is 28.5 Å². The van der Waals surface area contributed by atoms with Gasteiger partial charge in [-0.3, -0.25) is 9.36 Å². The Morgan fingerprint density at radius 1 is 1.79 bits per heavy atom. The standard InChI is InChI=1S/C8H10ClIN2O2/c1-5(3-13)2-12-4-11-7(9)6(10)8(12)14/h4-5,13H,2-3H2,1H3. The molecule has 78 valence electrons. The summed E-state index contributed by atoms with van der Waals surface area (Å²) in [4.78, 5) is 15.5. The lowest BCUT2D eigenvalue weighted by atomic mass is 10.2. The van der Waals surface area contributed by atoms with Crippen molar-refractivity contribution in [3.8, 4) is 0 Å². The molecule has 14 heavy (non-hydrogen) atoms. The van der Waals surface area contributed by atoms with Crippen LogP contribution in [0.25, 0.3) is 0 Å². The number of halogens is 2. The highest BCUT2D eigenvalue weighted by Gasteiger charge is 2.08. The molecule has 6 heteroatoms. The average molecular weight is 329 g/mol. The molecule has 4 nitrogen and oxygen atoms in total. The number of hydrogen-bond donors (Lipinski definition) is 1. The maximum absolute atomic E-state index is 11.6. The first-order valence-corrected chi connectivity index (χ1v) is 5.53. The molecule has 0 radical (unpaired) electrons. The zero-order valence-electron chi connectivity index (χ0n) is 7.57. The van der Waals surface area contributed by atoms with Gasteiger partial charge in [0.25, 0.3) is 5.56 Å². The van der Waals surface area contributed by atoms with Gasteiger partial charge in [0.15, 0.2) is 0 Å². The normalized spacial score (nSPS) is 12.9. The number of nitrogens with zero attached hydrogens (tertiary/aromatic N) is 2. The van der Waals surface area contributed by atoms with E-state index in [1.54, 1.807) is 0 Å². The van der Waals surface area contributed by atoms with Gasteiger partial charge in [0, 0.05) is 13.2 Å². The van der Waals surface area contributed by atoms with Crippen LogP contribution in [0.5, 0.6) is 0 Å². The summed E-state index contributed by atoms with van der Waals surface area (Å²) in [7, 11) is 0. The maximum atomic E-state index is 11.6. The minimum Gasteiger partial charge on any atom is -0.396 e. The van der Waals surface area contributed by atoms with E-state index >= 15 is 0 Å². The minimum atomic E-state index is -0.161. The fourth-order valence-electron chi connectivity index (χ4n) is 0.967. The van der Waals surface area contributed by atoms with Crippen molar-refractivity contribution < 1.29 is 5.11 Å². The molecule has 0 saturated heterocycles. The lowest BCUT2D eigenvalue weighted by molar-refractivity contribution is 0.221. The Balaban J connectivity index is 3.00. The Hall–Kier alpha value is -0.140. The van der Waals surface area contributed by atoms with Crippen LogP contribution in [0, 0.1) is 9.49 Å². The van der Waals surface area contributed by atoms with Crippen LogP contribution in [0.3, 0.4) is 0 Å². The first kappa shape index (κ1) is 11.9. The molecule has 1 unspecified atom stereocenters. The summed E-state index contributed by atoms with van der Waals surface area (Å²) in [6.45, 7) is 2.36. The molecule has 0 aliphatic heterocycles. The molecule has 0 fully saturated rings. The van der Waals surface area contributed by atoms with Crippen molar-refractivity contribution in [3.63, 3.8) is 0 Å². The van der Waals surface area contributed by atoms with Crippen molar-refractivity contribution in [3.05, 3.63) is 25.4 Å². The van der Waals surface area contributed by atoms with Crippen molar-refractivity contribution in [1.82, 2.24) is 9.55 Å². The summed E-state index contributed by atoms with van der Waals surface area (Å²) < 4.78 is 1.87. The van der Waals surface area contributed by atoms with E-state index in [4.69, 9.17) is 16.7 Å². The third-order valence-electron chi connectivity index (χ3n) is 1.76. The molecule has 1 heterocycles. The van der Waals surface area contributed by atoms with Crippen molar-refractivity contribution in [2.75, 3.05) is 6.61 Å². The molecule has 0 amide bonds. The van der Waals surface area contributed by atoms with Crippen LogP contribution in [-0.4, -0.2) is 21.3 Å². The highest BCUT2D eigenvalue weighted by Crippen LogP contribution is 2.09. The molecule has 1 rings (SSSR count). The van der Waals surface area contributed by atoms with Gasteiger partial charge in [-0.2, -0.15) is 0 Å². The molecule has 1 aromatic heterocycles. The summed E-state index contributed by atoms with van der Waals surface area (Å²) in [5.74, 6) is 0.0338. The van der Waals surface area contributed by atoms with E-state index in [0.717, 1.165) is 0 Å². The molecular formula is C8H10ClIN2O2. The van der Waals surface area contributed by atoms with Gasteiger partial charge in [0.1, 0.15) is 8.72 Å². The Labute approximate surface area is 100 Å². The van der Waals surface area contributed by atoms with Crippen LogP contribution < -0.4 is 5.56 Å². The van der Waals surface area contributed by atoms with Crippen LogP contribution in [0.1, 0.15) is 6.92 Å². The number of rotatable bonds is 3. The van der Waals surface area contributed by atoms with Crippen molar-refractivity contribution in [2.24, 2.45) is 5.92 Å². The summed E-state index contributed by atoms with van der Waals surface area (Å²) in [5.41, 5.74) is -0.161. The highest BCUT2D eigenvalue weighted by atomic mass is 127. The maximum Gasteiger partial charge on any atom is 0.268 e. The van der Waals surface area contributed by atoms with Crippen LogP contribution in [0.15, 0.2) is 11.1 Å². The van der Waals surface area contributed by atoms with Crippen LogP contribution >= 0.6 is 34.2 Å². The first-order chi connectivity index (χ1) is 6.56. The molecule has 1 aromatic rings. The van der Waals surface area contributed by atoms with E-state index in [9.17, 15) is 4.79 Å². The Morgan fingerprint density at radius 2 is 2.43 bits per heavy atom. The number of aromatic nitrogens is 2. The van der Waals surface area contributed by atoms with Crippen molar-refractivity contribution in [1.29, 1.82) is 0 Å². The molecule has 0 bridgehead atoms. The fourth-order valence-corrected chi connectivity index (χ4v) is 1.54. The zero-order chi connectivity index (χ0) is 10.7. The summed E-state index contributed by atoms with van der Waals surface area (Å²) in [6.07, 6.45) is 1.40. The third-order valence-corrected chi connectivity index (χ3v) is 3.34. The smallest absolute Gasteiger partial charge is 0.268 e. The molecule has 0 spiro atoms. The molecule has 1 N–H and O–H groups in total. The second-order valence-electron chi connectivity index (χ2n) is 3.09. The number of hydrogen-bond acceptors (Lipinski definition) is 3. The van der Waals surface area contributed by atoms with Crippen molar-refractivity contribution in [2.45, 2.75) is 13.5 Å². The predicted molar refractivity (Wildman–Crippen MR) is 62.5 cm³/mol. The third kappa shape index (κ3) is 2.68. The Bertz CT molecular complexity index is 380. The van der Waals surface area contributed by atoms with Gasteiger partial charge in [-0.25, -0.2) is 4.98 Å². The second-order valence-corrected chi connectivity index (χ2v) is 4.53. The van der Waals surface area contributed by atoms with E-state index < -0.39 is 0 Å². The highest BCUT2D eigenvalue weighted by molar-refractivity contribution is 14.1. The largest absolute Gasteiger partial charge is 0.396 e. The SMILES string of the molecule is CC(CO)Cn1cnc(Cl)c(I)c1=O. The zero-order valence-corrected chi connectivity index (χ0v) is 10.5. The summed E-state index contributed by atoms with van der Waals surface area (Å²) >= 11 is 7.54. The average Bonchev–Trinajstić information content (AvgIpc) is 2.19. The predicted octanol–water partition coefficient (Wildman–Crippen LogP) is 1.13. The van der Waals surface area contributed by atoms with E-state index in [1.807, 2.05) is 29.5 Å². The fraction of sp³-hybridized carbons (Fsp3) is 0.500. The van der Waals surface area contributed by atoms with Gasteiger partial charge in [0.2, 0.25) is 0 Å². The first-order valence-electron chi connectivity index (χ1n) is 4.07. The van der Waals surface area contributed by atoms with E-state index in [0.29, 0.717) is 10.1 Å². The van der Waals surface area contributed by atoms with Crippen LogP contribution in [-0.2, 0) is 6.54 Å². The van der Waals surface area contributed by atoms with Gasteiger partial charge in [-0.1, -0.05) is 18.5 Å². The summed E-state index contributed by atoms with van der Waals surface area (Å²) in [6, 6.07) is 0. The monoisotopic (exact) mass is 328 g/mol. The van der Waals surface area contributed by atoms with Crippen molar-refractivity contribution >= 4 is 34.2 Å². The molecule has 1 atom stereocenters. The minimum absolute atomic E-state index is 0.0338. The summed E-state index contributed by atoms with van der Waals surface area (Å²) in [5, 5.41) is 9.07. The van der Waals surface area contributed by atoms with E-state index in [1.165, 1.54) is 10.9 Å². The van der Waals surface area contributed by atoms with Crippen LogP contribution in [0.4, 0.5) is 0 Å². The van der Waals surface area contributed by atoms with E-state index in [2.05, 4.69) is 4.98 Å². The topological polar surface area (TPSA) is 55.1 Å². The molecule has 0 saturated carbocycles. The Kier molecular flexibility index (Phi) is 4.33. The lowest BCUT2D eigenvalue weighted by Crippen LogP contribution is -2.26. The number of aliphatic hydroxyl groups excluding tert-OH is 1. The second kappa shape index (κ2) is 5.09. The van der Waals surface area contributed by atoms with Gasteiger partial charge >= 0.3 is 0 Å². The van der Waals surface area contributed by atoms with Gasteiger partial charge in [-0.15, -0.1) is 0 Å². The Morgan fingerprint density at radius 3 is 3.00 bits per heavy atom. The molecular weight excluding hydrogens is 318 g/mol. The van der Waals surface area contributed by atoms with Gasteiger partial charge in [0.05, 0.1) is 6.33 Å². The quantitative estimate of drug-likeness (QED) is 0.668.